The molecule has 2 N–H and O–H groups in total. The van der Waals surface area contributed by atoms with Crippen molar-refractivity contribution >= 4 is 11.9 Å². The number of halogens is 2. The standard InChI is InChI=1S/C17H24F2N4O2/c1-3-15(24)23-9-8-13(11-23)22-17(20-2)21-10-12-6-4-5-7-14(12)25-16(18)19/h4-7,13,16H,3,8-11H2,1-2H3,(H2,20,21,22). The van der Waals surface area contributed by atoms with Crippen molar-refractivity contribution in [3.63, 3.8) is 0 Å². The summed E-state index contributed by atoms with van der Waals surface area (Å²) in [6.07, 6.45) is 1.35. The van der Waals surface area contributed by atoms with Gasteiger partial charge in [0.1, 0.15) is 5.75 Å². The number of carbonyl (C=O) groups excluding carboxylic acids is 1. The Balaban J connectivity index is 1.88. The van der Waals surface area contributed by atoms with Crippen LogP contribution in [0.15, 0.2) is 29.3 Å². The quantitative estimate of drug-likeness (QED) is 0.605. The number of carbonyl (C=O) groups is 1. The number of hydrogen-bond donors (Lipinski definition) is 2. The minimum atomic E-state index is -2.86. The predicted octanol–water partition coefficient (Wildman–Crippen LogP) is 1.96. The molecule has 6 nitrogen and oxygen atoms in total. The molecule has 8 heteroatoms. The van der Waals surface area contributed by atoms with Crippen molar-refractivity contribution in [2.75, 3.05) is 20.1 Å². The Bertz CT molecular complexity index is 610. The molecular formula is C17H24F2N4O2. The van der Waals surface area contributed by atoms with Crippen LogP contribution in [0.2, 0.25) is 0 Å². The molecule has 0 radical (unpaired) electrons. The van der Waals surface area contributed by atoms with E-state index in [1.807, 2.05) is 11.8 Å². The molecule has 1 amide bonds. The van der Waals surface area contributed by atoms with Crippen molar-refractivity contribution < 1.29 is 18.3 Å². The third kappa shape index (κ3) is 5.58. The maximum Gasteiger partial charge on any atom is 0.387 e. The monoisotopic (exact) mass is 354 g/mol. The number of para-hydroxylation sites is 1. The Morgan fingerprint density at radius 2 is 2.20 bits per heavy atom. The average Bonchev–Trinajstić information content (AvgIpc) is 3.07. The third-order valence-electron chi connectivity index (χ3n) is 4.04. The van der Waals surface area contributed by atoms with Gasteiger partial charge in [0.15, 0.2) is 5.96 Å². The van der Waals surface area contributed by atoms with Gasteiger partial charge in [0.25, 0.3) is 0 Å². The molecule has 0 aliphatic carbocycles. The summed E-state index contributed by atoms with van der Waals surface area (Å²) in [6.45, 7) is 0.652. The fourth-order valence-corrected chi connectivity index (χ4v) is 2.76. The molecule has 0 saturated carbocycles. The van der Waals surface area contributed by atoms with E-state index in [9.17, 15) is 13.6 Å². The smallest absolute Gasteiger partial charge is 0.387 e. The van der Waals surface area contributed by atoms with Gasteiger partial charge in [-0.1, -0.05) is 25.1 Å². The largest absolute Gasteiger partial charge is 0.434 e. The molecule has 1 heterocycles. The van der Waals surface area contributed by atoms with Gasteiger partial charge in [-0.15, -0.1) is 0 Å². The lowest BCUT2D eigenvalue weighted by molar-refractivity contribution is -0.129. The normalized spacial score (nSPS) is 17.7. The molecule has 0 spiro atoms. The summed E-state index contributed by atoms with van der Waals surface area (Å²) in [5.74, 6) is 0.842. The summed E-state index contributed by atoms with van der Waals surface area (Å²) >= 11 is 0. The number of nitrogens with one attached hydrogen (secondary N) is 2. The molecule has 1 aromatic rings. The number of aliphatic imine (C=N–C) groups is 1. The number of benzene rings is 1. The van der Waals surface area contributed by atoms with Crippen molar-refractivity contribution in [2.24, 2.45) is 4.99 Å². The molecule has 1 fully saturated rings. The minimum Gasteiger partial charge on any atom is -0.434 e. The topological polar surface area (TPSA) is 66.0 Å². The Morgan fingerprint density at radius 1 is 1.44 bits per heavy atom. The molecule has 1 unspecified atom stereocenters. The predicted molar refractivity (Wildman–Crippen MR) is 91.7 cm³/mol. The molecule has 1 atom stereocenters. The molecule has 1 aromatic carbocycles. The van der Waals surface area contributed by atoms with Crippen LogP contribution < -0.4 is 15.4 Å². The van der Waals surface area contributed by atoms with E-state index < -0.39 is 6.61 Å². The highest BCUT2D eigenvalue weighted by molar-refractivity contribution is 5.80. The van der Waals surface area contributed by atoms with Crippen LogP contribution in [0, 0.1) is 0 Å². The van der Waals surface area contributed by atoms with Gasteiger partial charge < -0.3 is 20.3 Å². The van der Waals surface area contributed by atoms with Crippen molar-refractivity contribution in [3.05, 3.63) is 29.8 Å². The van der Waals surface area contributed by atoms with Crippen LogP contribution in [0.1, 0.15) is 25.3 Å². The minimum absolute atomic E-state index is 0.120. The second-order valence-corrected chi connectivity index (χ2v) is 5.74. The van der Waals surface area contributed by atoms with Crippen molar-refractivity contribution in [3.8, 4) is 5.75 Å². The molecule has 25 heavy (non-hydrogen) atoms. The number of guanidine groups is 1. The first kappa shape index (κ1) is 19.0. The molecule has 0 bridgehead atoms. The number of rotatable bonds is 6. The lowest BCUT2D eigenvalue weighted by atomic mass is 10.2. The maximum absolute atomic E-state index is 12.5. The van der Waals surface area contributed by atoms with E-state index >= 15 is 0 Å². The zero-order valence-electron chi connectivity index (χ0n) is 14.5. The van der Waals surface area contributed by atoms with E-state index in [1.54, 1.807) is 25.2 Å². The van der Waals surface area contributed by atoms with E-state index in [2.05, 4.69) is 20.4 Å². The van der Waals surface area contributed by atoms with Gasteiger partial charge in [0.05, 0.1) is 0 Å². The SMILES string of the molecule is CCC(=O)N1CCC(NC(=NC)NCc2ccccc2OC(F)F)C1. The highest BCUT2D eigenvalue weighted by Crippen LogP contribution is 2.20. The number of alkyl halides is 2. The van der Waals surface area contributed by atoms with Crippen LogP contribution in [-0.2, 0) is 11.3 Å². The van der Waals surface area contributed by atoms with Gasteiger partial charge in [-0.3, -0.25) is 9.79 Å². The Morgan fingerprint density at radius 3 is 2.88 bits per heavy atom. The van der Waals surface area contributed by atoms with Gasteiger partial charge in [0, 0.05) is 44.7 Å². The van der Waals surface area contributed by atoms with Crippen LogP contribution in [0.25, 0.3) is 0 Å². The van der Waals surface area contributed by atoms with Gasteiger partial charge in [-0.05, 0) is 12.5 Å². The number of ether oxygens (including phenoxy) is 1. The third-order valence-corrected chi connectivity index (χ3v) is 4.04. The first-order valence-electron chi connectivity index (χ1n) is 8.31. The number of nitrogens with zero attached hydrogens (tertiary/aromatic N) is 2. The second kappa shape index (κ2) is 9.19. The second-order valence-electron chi connectivity index (χ2n) is 5.74. The first-order chi connectivity index (χ1) is 12.0. The Kier molecular flexibility index (Phi) is 6.97. The lowest BCUT2D eigenvalue weighted by Gasteiger charge is -2.19. The van der Waals surface area contributed by atoms with Gasteiger partial charge >= 0.3 is 6.61 Å². The summed E-state index contributed by atoms with van der Waals surface area (Å²) in [5, 5.41) is 6.36. The highest BCUT2D eigenvalue weighted by Gasteiger charge is 2.25. The van der Waals surface area contributed by atoms with Gasteiger partial charge in [-0.25, -0.2) is 0 Å². The van der Waals surface area contributed by atoms with Crippen LogP contribution in [0.4, 0.5) is 8.78 Å². The summed E-state index contributed by atoms with van der Waals surface area (Å²) in [6, 6.07) is 6.75. The van der Waals surface area contributed by atoms with Gasteiger partial charge in [-0.2, -0.15) is 8.78 Å². The van der Waals surface area contributed by atoms with Crippen molar-refractivity contribution in [2.45, 2.75) is 39.0 Å². The zero-order valence-corrected chi connectivity index (χ0v) is 14.5. The molecule has 138 valence electrons. The highest BCUT2D eigenvalue weighted by atomic mass is 19.3. The van der Waals surface area contributed by atoms with Crippen molar-refractivity contribution in [1.29, 1.82) is 0 Å². The molecule has 0 aromatic heterocycles. The maximum atomic E-state index is 12.5. The molecule has 1 aliphatic heterocycles. The van der Waals surface area contributed by atoms with Crippen LogP contribution >= 0.6 is 0 Å². The zero-order chi connectivity index (χ0) is 18.2. The molecule has 2 rings (SSSR count). The molecule has 1 saturated heterocycles. The fourth-order valence-electron chi connectivity index (χ4n) is 2.76. The average molecular weight is 354 g/mol. The van der Waals surface area contributed by atoms with Crippen LogP contribution in [0.3, 0.4) is 0 Å². The van der Waals surface area contributed by atoms with Gasteiger partial charge in [0.2, 0.25) is 5.91 Å². The van der Waals surface area contributed by atoms with E-state index in [0.717, 1.165) is 13.0 Å². The van der Waals surface area contributed by atoms with Crippen LogP contribution in [0.5, 0.6) is 5.75 Å². The van der Waals surface area contributed by atoms with Crippen LogP contribution in [-0.4, -0.2) is 49.6 Å². The fraction of sp³-hybridized carbons (Fsp3) is 0.529. The summed E-state index contributed by atoms with van der Waals surface area (Å²) in [4.78, 5) is 17.7. The Hall–Kier alpha value is -2.38. The first-order valence-corrected chi connectivity index (χ1v) is 8.31. The van der Waals surface area contributed by atoms with E-state index in [1.165, 1.54) is 6.07 Å². The number of hydrogen-bond acceptors (Lipinski definition) is 3. The molecule has 1 aliphatic rings. The lowest BCUT2D eigenvalue weighted by Crippen LogP contribution is -2.44. The summed E-state index contributed by atoms with van der Waals surface area (Å²) < 4.78 is 29.4. The van der Waals surface area contributed by atoms with E-state index in [0.29, 0.717) is 31.0 Å². The number of amides is 1. The molecular weight excluding hydrogens is 330 g/mol. The Labute approximate surface area is 146 Å². The van der Waals surface area contributed by atoms with E-state index in [-0.39, 0.29) is 17.7 Å². The van der Waals surface area contributed by atoms with Crippen molar-refractivity contribution in [1.82, 2.24) is 15.5 Å². The van der Waals surface area contributed by atoms with E-state index in [4.69, 9.17) is 0 Å². The number of likely N-dealkylation sites (tertiary alicyclic amines) is 1. The summed E-state index contributed by atoms with van der Waals surface area (Å²) in [5.41, 5.74) is 0.611. The summed E-state index contributed by atoms with van der Waals surface area (Å²) in [7, 11) is 1.64.